The minimum absolute atomic E-state index is 0.370. The van der Waals surface area contributed by atoms with Gasteiger partial charge in [-0.3, -0.25) is 4.79 Å². The lowest BCUT2D eigenvalue weighted by atomic mass is 10.2. The molecule has 0 aliphatic rings. The summed E-state index contributed by atoms with van der Waals surface area (Å²) in [5.41, 5.74) is 1.02. The van der Waals surface area contributed by atoms with Gasteiger partial charge in [0, 0.05) is 19.3 Å². The van der Waals surface area contributed by atoms with E-state index in [0.29, 0.717) is 16.3 Å². The first kappa shape index (κ1) is 20.5. The van der Waals surface area contributed by atoms with Crippen molar-refractivity contribution < 1.29 is 14.3 Å². The molecule has 3 aromatic rings. The largest absolute Gasteiger partial charge is 0.452 e. The molecule has 0 spiro atoms. The highest BCUT2D eigenvalue weighted by molar-refractivity contribution is 9.10. The zero-order valence-corrected chi connectivity index (χ0v) is 17.7. The minimum Gasteiger partial charge on any atom is -0.452 e. The molecule has 3 aromatic carbocycles. The molecule has 0 unspecified atom stereocenters. The number of hydrogen-bond acceptors (Lipinski definition) is 4. The number of anilines is 1. The molecule has 142 valence electrons. The van der Waals surface area contributed by atoms with E-state index < -0.39 is 11.9 Å². The third kappa shape index (κ3) is 5.86. The summed E-state index contributed by atoms with van der Waals surface area (Å²) in [5, 5.41) is 3.45. The SMILES string of the molecule is O=C(COC(=O)c1cccc(Br)c1)Nc1ccccc1Sc1ccc(Cl)cc1. The lowest BCUT2D eigenvalue weighted by Crippen LogP contribution is -2.21. The number of hydrogen-bond donors (Lipinski definition) is 1. The Labute approximate surface area is 180 Å². The van der Waals surface area contributed by atoms with Crippen LogP contribution in [0.2, 0.25) is 5.02 Å². The van der Waals surface area contributed by atoms with Crippen molar-refractivity contribution >= 4 is 56.9 Å². The Morgan fingerprint density at radius 2 is 1.75 bits per heavy atom. The van der Waals surface area contributed by atoms with Gasteiger partial charge in [0.1, 0.15) is 0 Å². The van der Waals surface area contributed by atoms with E-state index in [2.05, 4.69) is 21.2 Å². The Morgan fingerprint density at radius 1 is 1.00 bits per heavy atom. The van der Waals surface area contributed by atoms with Crippen molar-refractivity contribution in [3.05, 3.63) is 87.9 Å². The van der Waals surface area contributed by atoms with Crippen LogP contribution in [-0.2, 0) is 9.53 Å². The predicted molar refractivity (Wildman–Crippen MR) is 115 cm³/mol. The van der Waals surface area contributed by atoms with Gasteiger partial charge in [-0.1, -0.05) is 57.5 Å². The lowest BCUT2D eigenvalue weighted by molar-refractivity contribution is -0.119. The molecule has 0 saturated heterocycles. The summed E-state index contributed by atoms with van der Waals surface area (Å²) in [5.74, 6) is -0.965. The number of carbonyl (C=O) groups excluding carboxylic acids is 2. The van der Waals surface area contributed by atoms with Crippen LogP contribution in [0, 0.1) is 0 Å². The quantitative estimate of drug-likeness (QED) is 0.440. The van der Waals surface area contributed by atoms with Crippen LogP contribution in [0.4, 0.5) is 5.69 Å². The van der Waals surface area contributed by atoms with Crippen molar-refractivity contribution in [2.24, 2.45) is 0 Å². The normalized spacial score (nSPS) is 10.4. The van der Waals surface area contributed by atoms with Crippen LogP contribution in [-0.4, -0.2) is 18.5 Å². The highest BCUT2D eigenvalue weighted by Gasteiger charge is 2.12. The number of benzene rings is 3. The molecule has 4 nitrogen and oxygen atoms in total. The summed E-state index contributed by atoms with van der Waals surface area (Å²) in [6.07, 6.45) is 0. The molecular weight excluding hydrogens is 462 g/mol. The number of halogens is 2. The van der Waals surface area contributed by atoms with Crippen LogP contribution in [0.5, 0.6) is 0 Å². The number of rotatable bonds is 6. The molecule has 1 N–H and O–H groups in total. The van der Waals surface area contributed by atoms with Crippen molar-refractivity contribution in [2.75, 3.05) is 11.9 Å². The van der Waals surface area contributed by atoms with Gasteiger partial charge in [-0.2, -0.15) is 0 Å². The first-order valence-electron chi connectivity index (χ1n) is 8.26. The molecular formula is C21H15BrClNO3S. The Morgan fingerprint density at radius 3 is 2.50 bits per heavy atom. The van der Waals surface area contributed by atoms with Crippen molar-refractivity contribution in [3.8, 4) is 0 Å². The van der Waals surface area contributed by atoms with Crippen LogP contribution in [0.25, 0.3) is 0 Å². The topological polar surface area (TPSA) is 55.4 Å². The molecule has 0 aliphatic carbocycles. The Balaban J connectivity index is 1.61. The molecule has 7 heteroatoms. The van der Waals surface area contributed by atoms with Gasteiger partial charge in [0.2, 0.25) is 0 Å². The zero-order valence-electron chi connectivity index (χ0n) is 14.5. The van der Waals surface area contributed by atoms with E-state index in [0.717, 1.165) is 14.3 Å². The minimum atomic E-state index is -0.555. The van der Waals surface area contributed by atoms with Crippen molar-refractivity contribution in [3.63, 3.8) is 0 Å². The molecule has 0 atom stereocenters. The van der Waals surface area contributed by atoms with Crippen LogP contribution in [0.15, 0.2) is 87.1 Å². The van der Waals surface area contributed by atoms with Crippen molar-refractivity contribution in [1.29, 1.82) is 0 Å². The maximum Gasteiger partial charge on any atom is 0.338 e. The third-order valence-corrected chi connectivity index (χ3v) is 5.43. The number of para-hydroxylation sites is 1. The standard InChI is InChI=1S/C21H15BrClNO3S/c22-15-5-3-4-14(12-15)21(26)27-13-20(25)24-18-6-1-2-7-19(18)28-17-10-8-16(23)9-11-17/h1-12H,13H2,(H,24,25). The van der Waals surface area contributed by atoms with Crippen molar-refractivity contribution in [2.45, 2.75) is 9.79 Å². The molecule has 28 heavy (non-hydrogen) atoms. The number of ether oxygens (including phenoxy) is 1. The molecule has 3 rings (SSSR count). The maximum absolute atomic E-state index is 12.2. The van der Waals surface area contributed by atoms with Gasteiger partial charge in [-0.25, -0.2) is 4.79 Å². The van der Waals surface area contributed by atoms with E-state index in [4.69, 9.17) is 16.3 Å². The molecule has 0 bridgehead atoms. The summed E-state index contributed by atoms with van der Waals surface area (Å²) in [7, 11) is 0. The second-order valence-electron chi connectivity index (χ2n) is 5.69. The third-order valence-electron chi connectivity index (χ3n) is 3.60. The van der Waals surface area contributed by atoms with E-state index >= 15 is 0 Å². The second-order valence-corrected chi connectivity index (χ2v) is 8.15. The van der Waals surface area contributed by atoms with Crippen LogP contribution >= 0.6 is 39.3 Å². The zero-order chi connectivity index (χ0) is 19.9. The number of nitrogens with one attached hydrogen (secondary N) is 1. The van der Waals surface area contributed by atoms with Crippen molar-refractivity contribution in [1.82, 2.24) is 0 Å². The number of carbonyl (C=O) groups is 2. The smallest absolute Gasteiger partial charge is 0.338 e. The molecule has 0 aliphatic heterocycles. The summed E-state index contributed by atoms with van der Waals surface area (Å²) in [4.78, 5) is 26.2. The van der Waals surface area contributed by atoms with E-state index in [1.54, 1.807) is 30.3 Å². The number of esters is 1. The lowest BCUT2D eigenvalue weighted by Gasteiger charge is -2.11. The monoisotopic (exact) mass is 475 g/mol. The fourth-order valence-electron chi connectivity index (χ4n) is 2.30. The first-order valence-corrected chi connectivity index (χ1v) is 10.2. The highest BCUT2D eigenvalue weighted by atomic mass is 79.9. The van der Waals surface area contributed by atoms with E-state index in [-0.39, 0.29) is 6.61 Å². The second kappa shape index (κ2) is 9.78. The van der Waals surface area contributed by atoms with Gasteiger partial charge in [0.25, 0.3) is 5.91 Å². The fraction of sp³-hybridized carbons (Fsp3) is 0.0476. The molecule has 0 radical (unpaired) electrons. The molecule has 0 heterocycles. The van der Waals surface area contributed by atoms with Gasteiger partial charge in [0.15, 0.2) is 6.61 Å². The summed E-state index contributed by atoms with van der Waals surface area (Å²) in [6.45, 7) is -0.370. The van der Waals surface area contributed by atoms with Crippen LogP contribution < -0.4 is 5.32 Å². The summed E-state index contributed by atoms with van der Waals surface area (Å²) >= 11 is 10.7. The molecule has 0 saturated carbocycles. The van der Waals surface area contributed by atoms with E-state index in [1.807, 2.05) is 42.5 Å². The Bertz CT molecular complexity index is 995. The molecule has 1 amide bonds. The maximum atomic E-state index is 12.2. The highest BCUT2D eigenvalue weighted by Crippen LogP contribution is 2.33. The van der Waals surface area contributed by atoms with E-state index in [1.165, 1.54) is 11.8 Å². The summed E-state index contributed by atoms with van der Waals surface area (Å²) < 4.78 is 5.86. The van der Waals surface area contributed by atoms with Crippen LogP contribution in [0.1, 0.15) is 10.4 Å². The fourth-order valence-corrected chi connectivity index (χ4v) is 3.73. The average Bonchev–Trinajstić information content (AvgIpc) is 2.69. The molecule has 0 fully saturated rings. The Hall–Kier alpha value is -2.28. The Kier molecular flexibility index (Phi) is 7.14. The van der Waals surface area contributed by atoms with Gasteiger partial charge in [-0.05, 0) is 54.6 Å². The van der Waals surface area contributed by atoms with Crippen LogP contribution in [0.3, 0.4) is 0 Å². The van der Waals surface area contributed by atoms with Gasteiger partial charge >= 0.3 is 5.97 Å². The number of amides is 1. The molecule has 0 aromatic heterocycles. The first-order chi connectivity index (χ1) is 13.5. The van der Waals surface area contributed by atoms with Gasteiger partial charge in [0.05, 0.1) is 11.3 Å². The van der Waals surface area contributed by atoms with Gasteiger partial charge < -0.3 is 10.1 Å². The average molecular weight is 477 g/mol. The van der Waals surface area contributed by atoms with Gasteiger partial charge in [-0.15, -0.1) is 0 Å². The summed E-state index contributed by atoms with van der Waals surface area (Å²) in [6, 6.07) is 21.7. The van der Waals surface area contributed by atoms with E-state index in [9.17, 15) is 9.59 Å². The predicted octanol–water partition coefficient (Wildman–Crippen LogP) is 6.05.